The van der Waals surface area contributed by atoms with Crippen molar-refractivity contribution >= 4 is 37.8 Å². The average Bonchev–Trinajstić information content (AvgIpc) is 2.46. The molecule has 9 heteroatoms. The van der Waals surface area contributed by atoms with Crippen molar-refractivity contribution in [1.82, 2.24) is 9.55 Å². The van der Waals surface area contributed by atoms with E-state index < -0.39 is 11.0 Å². The second-order valence-corrected chi connectivity index (χ2v) is 4.47. The average molecular weight is 359 g/mol. The summed E-state index contributed by atoms with van der Waals surface area (Å²) in [4.78, 5) is 13.8. The van der Waals surface area contributed by atoms with Gasteiger partial charge in [0.05, 0.1) is 6.61 Å². The maximum atomic E-state index is 10.7. The van der Waals surface area contributed by atoms with Gasteiger partial charge in [-0.05, 0) is 36.8 Å². The molecule has 1 unspecified atom stereocenters. The molecule has 1 aromatic heterocycles. The number of ether oxygens (including phenoxy) is 1. The van der Waals surface area contributed by atoms with E-state index in [2.05, 4.69) is 36.8 Å². The second kappa shape index (κ2) is 5.71. The van der Waals surface area contributed by atoms with Crippen molar-refractivity contribution in [2.24, 2.45) is 0 Å². The molecule has 0 amide bonds. The molecule has 0 aliphatic rings. The molecule has 1 rings (SSSR count). The highest BCUT2D eigenvalue weighted by atomic mass is 79.9. The van der Waals surface area contributed by atoms with Crippen LogP contribution in [0.3, 0.4) is 0 Å². The number of methoxy groups -OCH3 is 1. The van der Waals surface area contributed by atoms with Gasteiger partial charge in [-0.15, -0.1) is 0 Å². The molecule has 16 heavy (non-hydrogen) atoms. The van der Waals surface area contributed by atoms with Gasteiger partial charge in [0.25, 0.3) is 0 Å². The lowest BCUT2D eigenvalue weighted by atomic mass is 10.4. The molecule has 1 N–H and O–H groups in total. The third kappa shape index (κ3) is 3.00. The van der Waals surface area contributed by atoms with Crippen LogP contribution >= 0.6 is 31.9 Å². The molecule has 0 aromatic carbocycles. The fourth-order valence-corrected chi connectivity index (χ4v) is 1.92. The number of hydrogen-bond acceptors (Lipinski definition) is 5. The zero-order chi connectivity index (χ0) is 12.3. The molecular formula is C7H9Br2N3O4. The highest BCUT2D eigenvalue weighted by molar-refractivity contribution is 9.13. The summed E-state index contributed by atoms with van der Waals surface area (Å²) < 4.78 is 6.73. The van der Waals surface area contributed by atoms with Crippen molar-refractivity contribution in [3.05, 3.63) is 19.3 Å². The Labute approximate surface area is 108 Å². The first kappa shape index (κ1) is 13.6. The van der Waals surface area contributed by atoms with E-state index in [9.17, 15) is 15.2 Å². The van der Waals surface area contributed by atoms with Crippen molar-refractivity contribution < 1.29 is 14.8 Å². The van der Waals surface area contributed by atoms with Gasteiger partial charge >= 0.3 is 5.95 Å². The van der Waals surface area contributed by atoms with Crippen molar-refractivity contribution in [3.8, 4) is 0 Å². The summed E-state index contributed by atoms with van der Waals surface area (Å²) in [6, 6.07) is 0. The molecular weight excluding hydrogens is 350 g/mol. The van der Waals surface area contributed by atoms with E-state index in [0.717, 1.165) is 0 Å². The molecule has 0 radical (unpaired) electrons. The van der Waals surface area contributed by atoms with Crippen LogP contribution in [0, 0.1) is 10.1 Å². The van der Waals surface area contributed by atoms with Crippen molar-refractivity contribution in [2.45, 2.75) is 12.6 Å². The molecule has 0 fully saturated rings. The molecule has 1 heterocycles. The van der Waals surface area contributed by atoms with E-state index in [1.807, 2.05) is 0 Å². The van der Waals surface area contributed by atoms with Gasteiger partial charge in [-0.25, -0.2) is 4.57 Å². The molecule has 0 aliphatic carbocycles. The molecule has 0 aliphatic heterocycles. The molecule has 1 aromatic rings. The number of aromatic nitrogens is 2. The number of hydrogen-bond donors (Lipinski definition) is 1. The summed E-state index contributed by atoms with van der Waals surface area (Å²) in [5.74, 6) is -0.339. The molecule has 90 valence electrons. The fourth-order valence-electron chi connectivity index (χ4n) is 1.15. The highest BCUT2D eigenvalue weighted by Gasteiger charge is 2.26. The zero-order valence-corrected chi connectivity index (χ0v) is 11.4. The monoisotopic (exact) mass is 357 g/mol. The number of rotatable bonds is 5. The third-order valence-electron chi connectivity index (χ3n) is 1.76. The maximum Gasteiger partial charge on any atom is 0.436 e. The smallest absolute Gasteiger partial charge is 0.390 e. The lowest BCUT2D eigenvalue weighted by Gasteiger charge is -2.08. The predicted octanol–water partition coefficient (Wildman–Crippen LogP) is 1.32. The minimum Gasteiger partial charge on any atom is -0.390 e. The minimum absolute atomic E-state index is 0.0311. The van der Waals surface area contributed by atoms with Gasteiger partial charge in [-0.1, -0.05) is 4.98 Å². The van der Waals surface area contributed by atoms with Crippen LogP contribution in [0.5, 0.6) is 0 Å². The van der Waals surface area contributed by atoms with Crippen LogP contribution in [0.15, 0.2) is 9.21 Å². The minimum atomic E-state index is -0.832. The Balaban J connectivity index is 2.97. The van der Waals surface area contributed by atoms with Gasteiger partial charge in [-0.3, -0.25) is 0 Å². The van der Waals surface area contributed by atoms with E-state index in [-0.39, 0.29) is 19.1 Å². The Morgan fingerprint density at radius 2 is 2.31 bits per heavy atom. The first-order chi connectivity index (χ1) is 7.47. The molecule has 0 spiro atoms. The summed E-state index contributed by atoms with van der Waals surface area (Å²) in [5, 5.41) is 20.2. The predicted molar refractivity (Wildman–Crippen MR) is 62.2 cm³/mol. The highest BCUT2D eigenvalue weighted by Crippen LogP contribution is 2.27. The number of nitrogens with zero attached hydrogens (tertiary/aromatic N) is 3. The van der Waals surface area contributed by atoms with Crippen molar-refractivity contribution in [1.29, 1.82) is 0 Å². The Morgan fingerprint density at radius 3 is 2.81 bits per heavy atom. The Hall–Kier alpha value is -0.510. The quantitative estimate of drug-likeness (QED) is 0.633. The SMILES string of the molecule is COCC(O)Cn1c([N+](=O)[O-])nc(Br)c1Br. The van der Waals surface area contributed by atoms with E-state index in [1.165, 1.54) is 11.7 Å². The zero-order valence-electron chi connectivity index (χ0n) is 8.26. The molecule has 0 bridgehead atoms. The van der Waals surface area contributed by atoms with Crippen molar-refractivity contribution in [3.63, 3.8) is 0 Å². The number of nitro groups is 1. The summed E-state index contributed by atoms with van der Waals surface area (Å²) in [7, 11) is 1.44. The van der Waals surface area contributed by atoms with E-state index in [0.29, 0.717) is 9.21 Å². The van der Waals surface area contributed by atoms with Gasteiger partial charge in [0.2, 0.25) is 4.60 Å². The molecule has 0 saturated carbocycles. The third-order valence-corrected chi connectivity index (χ3v) is 3.65. The summed E-state index contributed by atoms with van der Waals surface area (Å²) in [5.41, 5.74) is 0. The summed E-state index contributed by atoms with van der Waals surface area (Å²) in [6.07, 6.45) is -0.832. The van der Waals surface area contributed by atoms with Crippen LogP contribution < -0.4 is 0 Å². The molecule has 1 atom stereocenters. The van der Waals surface area contributed by atoms with Crippen LogP contribution in [-0.4, -0.2) is 39.4 Å². The van der Waals surface area contributed by atoms with E-state index in [4.69, 9.17) is 4.74 Å². The second-order valence-electron chi connectivity index (χ2n) is 2.97. The maximum absolute atomic E-state index is 10.7. The van der Waals surface area contributed by atoms with Crippen LogP contribution in [-0.2, 0) is 11.3 Å². The topological polar surface area (TPSA) is 90.4 Å². The Kier molecular flexibility index (Phi) is 4.84. The first-order valence-corrected chi connectivity index (χ1v) is 5.78. The van der Waals surface area contributed by atoms with Crippen LogP contribution in [0.25, 0.3) is 0 Å². The lowest BCUT2D eigenvalue weighted by Crippen LogP contribution is -2.22. The number of aliphatic hydroxyl groups is 1. The van der Waals surface area contributed by atoms with Gasteiger partial charge in [0, 0.05) is 7.11 Å². The first-order valence-electron chi connectivity index (χ1n) is 4.20. The van der Waals surface area contributed by atoms with Gasteiger partial charge in [0.15, 0.2) is 4.60 Å². The summed E-state index contributed by atoms with van der Waals surface area (Å²) >= 11 is 6.21. The fraction of sp³-hybridized carbons (Fsp3) is 0.571. The Bertz CT molecular complexity index is 395. The summed E-state index contributed by atoms with van der Waals surface area (Å²) in [6.45, 7) is 0.128. The standard InChI is InChI=1S/C7H9Br2N3O4/c1-16-3-4(13)2-11-6(9)5(8)10-7(11)12(14)15/h4,13H,2-3H2,1H3. The van der Waals surface area contributed by atoms with Crippen molar-refractivity contribution in [2.75, 3.05) is 13.7 Å². The normalized spacial score (nSPS) is 12.8. The van der Waals surface area contributed by atoms with Gasteiger partial charge < -0.3 is 20.0 Å². The van der Waals surface area contributed by atoms with E-state index >= 15 is 0 Å². The lowest BCUT2D eigenvalue weighted by molar-refractivity contribution is -0.397. The van der Waals surface area contributed by atoms with Crippen LogP contribution in [0.4, 0.5) is 5.95 Å². The van der Waals surface area contributed by atoms with Crippen LogP contribution in [0.1, 0.15) is 0 Å². The molecule has 7 nitrogen and oxygen atoms in total. The Morgan fingerprint density at radius 1 is 1.69 bits per heavy atom. The van der Waals surface area contributed by atoms with E-state index in [1.54, 1.807) is 0 Å². The molecule has 0 saturated heterocycles. The number of halogens is 2. The van der Waals surface area contributed by atoms with Crippen LogP contribution in [0.2, 0.25) is 0 Å². The van der Waals surface area contributed by atoms with Gasteiger partial charge in [0.1, 0.15) is 12.6 Å². The largest absolute Gasteiger partial charge is 0.436 e. The number of imidazole rings is 1. The number of aliphatic hydroxyl groups excluding tert-OH is 1. The van der Waals surface area contributed by atoms with Gasteiger partial charge in [-0.2, -0.15) is 0 Å².